The van der Waals surface area contributed by atoms with E-state index in [0.29, 0.717) is 57.9 Å². The van der Waals surface area contributed by atoms with E-state index in [4.69, 9.17) is 32.8 Å². The van der Waals surface area contributed by atoms with E-state index < -0.39 is 0 Å². The molecular weight excluding hydrogens is 663 g/mol. The van der Waals surface area contributed by atoms with Crippen LogP contribution in [-0.4, -0.2) is 96.8 Å². The number of nitrogens with one attached hydrogen (secondary N) is 2. The molecule has 4 heterocycles. The second-order valence-electron chi connectivity index (χ2n) is 13.2. The number of nitrogens with zero attached hydrogens (tertiary/aromatic N) is 6. The maximum Gasteiger partial charge on any atom is 0.247 e. The molecule has 3 saturated heterocycles. The van der Waals surface area contributed by atoms with Crippen LogP contribution in [-0.2, 0) is 16.1 Å². The van der Waals surface area contributed by atoms with Crippen molar-refractivity contribution in [2.75, 3.05) is 73.6 Å². The van der Waals surface area contributed by atoms with E-state index in [-0.39, 0.29) is 11.9 Å². The molecule has 4 fully saturated rings. The number of hydroxylamine groups is 1. The van der Waals surface area contributed by atoms with Gasteiger partial charge in [0.2, 0.25) is 5.91 Å². The molecule has 1 amide bonds. The van der Waals surface area contributed by atoms with Crippen LogP contribution in [0, 0.1) is 0 Å². The van der Waals surface area contributed by atoms with Crippen molar-refractivity contribution in [1.29, 1.82) is 0 Å². The Morgan fingerprint density at radius 3 is 2.41 bits per heavy atom. The number of piperazine rings is 1. The number of hydrogen-bond acceptors (Lipinski definition) is 10. The molecule has 0 spiro atoms. The number of carbonyl (C=O) groups excluding carboxylic acids is 1. The number of methoxy groups -OCH3 is 1. The molecule has 0 radical (unpaired) electrons. The van der Waals surface area contributed by atoms with Crippen LogP contribution in [0.15, 0.2) is 55.4 Å². The molecule has 3 aromatic rings. The maximum atomic E-state index is 12.6. The molecule has 7 rings (SSSR count). The molecule has 49 heavy (non-hydrogen) atoms. The fraction of sp³-hybridized carbons (Fsp3) is 0.472. The number of amides is 1. The Labute approximate surface area is 298 Å². The highest BCUT2D eigenvalue weighted by atomic mass is 35.5. The van der Waals surface area contributed by atoms with Crippen molar-refractivity contribution in [3.05, 3.63) is 71.0 Å². The first-order valence-corrected chi connectivity index (χ1v) is 18.0. The fourth-order valence-corrected chi connectivity index (χ4v) is 7.74. The van der Waals surface area contributed by atoms with Gasteiger partial charge in [-0.15, -0.1) is 0 Å². The molecule has 0 bridgehead atoms. The normalized spacial score (nSPS) is 20.8. The van der Waals surface area contributed by atoms with Crippen LogP contribution in [0.1, 0.15) is 37.7 Å². The number of carbonyl (C=O) groups is 1. The predicted octanol–water partition coefficient (Wildman–Crippen LogP) is 6.16. The van der Waals surface area contributed by atoms with Gasteiger partial charge in [0.25, 0.3) is 0 Å². The zero-order valence-electron chi connectivity index (χ0n) is 27.9. The number of benzene rings is 2. The lowest BCUT2D eigenvalue weighted by Gasteiger charge is -2.43. The van der Waals surface area contributed by atoms with E-state index >= 15 is 0 Å². The second-order valence-corrected chi connectivity index (χ2v) is 14.0. The lowest BCUT2D eigenvalue weighted by Crippen LogP contribution is -2.53. The Morgan fingerprint density at radius 1 is 0.980 bits per heavy atom. The average Bonchev–Trinajstić information content (AvgIpc) is 3.88. The van der Waals surface area contributed by atoms with Gasteiger partial charge in [0, 0.05) is 63.5 Å². The number of ether oxygens (including phenoxy) is 1. The highest BCUT2D eigenvalue weighted by molar-refractivity contribution is 6.42. The average molecular weight is 708 g/mol. The Balaban J connectivity index is 1.07. The van der Waals surface area contributed by atoms with Crippen LogP contribution in [0.25, 0.3) is 0 Å². The second kappa shape index (κ2) is 15.1. The quantitative estimate of drug-likeness (QED) is 0.226. The van der Waals surface area contributed by atoms with E-state index in [1.807, 2.05) is 35.4 Å². The molecular formula is C36H44Cl2N8O3. The van der Waals surface area contributed by atoms with Gasteiger partial charge in [-0.2, -0.15) is 0 Å². The molecule has 260 valence electrons. The van der Waals surface area contributed by atoms with E-state index in [0.717, 1.165) is 62.7 Å². The Hall–Kier alpha value is -3.61. The van der Waals surface area contributed by atoms with Crippen molar-refractivity contribution >= 4 is 57.8 Å². The largest absolute Gasteiger partial charge is 0.494 e. The van der Waals surface area contributed by atoms with Crippen LogP contribution >= 0.6 is 23.2 Å². The van der Waals surface area contributed by atoms with Crippen molar-refractivity contribution in [2.24, 2.45) is 0 Å². The Kier molecular flexibility index (Phi) is 10.4. The molecule has 13 heteroatoms. The van der Waals surface area contributed by atoms with Gasteiger partial charge in [-0.05, 0) is 62.3 Å². The molecule has 4 aliphatic rings. The Bertz CT molecular complexity index is 1660. The van der Waals surface area contributed by atoms with Crippen LogP contribution < -0.4 is 25.3 Å². The van der Waals surface area contributed by atoms with E-state index in [2.05, 4.69) is 41.9 Å². The van der Waals surface area contributed by atoms with Crippen LogP contribution in [0.2, 0.25) is 10.0 Å². The first-order valence-electron chi connectivity index (χ1n) is 17.2. The van der Waals surface area contributed by atoms with Crippen LogP contribution in [0.5, 0.6) is 5.75 Å². The molecule has 2 aromatic carbocycles. The topological polar surface area (TPSA) is 98.3 Å². The summed E-state index contributed by atoms with van der Waals surface area (Å²) in [7, 11) is 1.65. The van der Waals surface area contributed by atoms with Crippen molar-refractivity contribution < 1.29 is 14.4 Å². The first kappa shape index (κ1) is 33.9. The van der Waals surface area contributed by atoms with Gasteiger partial charge in [0.05, 0.1) is 46.9 Å². The lowest BCUT2D eigenvalue weighted by molar-refractivity contribution is -0.111. The number of aromatic nitrogens is 2. The SMILES string of the molecule is C=CC(=O)Nc1cc(Nc2cc(N3OCCC3Cc3cccc(Cl)c3Cl)ncn2)c(OC)cc1N1CCC(N2CCN(C3CC3)CC2)CC1. The van der Waals surface area contributed by atoms with Gasteiger partial charge in [-0.1, -0.05) is 41.9 Å². The minimum Gasteiger partial charge on any atom is -0.494 e. The Morgan fingerprint density at radius 2 is 1.71 bits per heavy atom. The summed E-state index contributed by atoms with van der Waals surface area (Å²) in [5.41, 5.74) is 3.21. The predicted molar refractivity (Wildman–Crippen MR) is 196 cm³/mol. The van der Waals surface area contributed by atoms with Gasteiger partial charge < -0.3 is 20.3 Å². The third-order valence-corrected chi connectivity index (χ3v) is 11.0. The summed E-state index contributed by atoms with van der Waals surface area (Å²) in [4.78, 5) is 35.3. The maximum absolute atomic E-state index is 12.6. The summed E-state index contributed by atoms with van der Waals surface area (Å²) in [6.45, 7) is 10.7. The number of rotatable bonds is 11. The molecule has 1 aromatic heterocycles. The zero-order valence-corrected chi connectivity index (χ0v) is 29.4. The summed E-state index contributed by atoms with van der Waals surface area (Å²) < 4.78 is 5.88. The smallest absolute Gasteiger partial charge is 0.247 e. The summed E-state index contributed by atoms with van der Waals surface area (Å²) in [5, 5.41) is 9.33. The van der Waals surface area contributed by atoms with Crippen LogP contribution in [0.3, 0.4) is 0 Å². The number of anilines is 5. The molecule has 1 atom stereocenters. The highest BCUT2D eigenvalue weighted by Crippen LogP contribution is 2.40. The first-order chi connectivity index (χ1) is 23.9. The third-order valence-electron chi connectivity index (χ3n) is 10.1. The zero-order chi connectivity index (χ0) is 33.9. The summed E-state index contributed by atoms with van der Waals surface area (Å²) in [5.74, 6) is 1.53. The third kappa shape index (κ3) is 7.76. The summed E-state index contributed by atoms with van der Waals surface area (Å²) in [6.07, 6.45) is 9.15. The molecule has 1 unspecified atom stereocenters. The van der Waals surface area contributed by atoms with E-state index in [1.54, 1.807) is 13.2 Å². The monoisotopic (exact) mass is 706 g/mol. The standard InChI is InChI=1S/C36H44Cl2N8O3/c1-3-35(47)42-29-20-30(32(48-2)21-31(29)45-12-9-26(10-13-45)44-16-14-43(15-17-44)25-7-8-25)41-33-22-34(40-23-39-33)46-27(11-18-49-46)19-24-5-4-6-28(37)36(24)38/h3-6,20-23,25-27H,1,7-19H2,2H3,(H,42,47)(H,39,40,41). The molecule has 2 N–H and O–H groups in total. The van der Waals surface area contributed by atoms with Gasteiger partial charge in [0.1, 0.15) is 17.9 Å². The van der Waals surface area contributed by atoms with Gasteiger partial charge >= 0.3 is 0 Å². The van der Waals surface area contributed by atoms with Crippen molar-refractivity contribution in [2.45, 2.75) is 56.7 Å². The highest BCUT2D eigenvalue weighted by Gasteiger charge is 2.34. The van der Waals surface area contributed by atoms with Crippen LogP contribution in [0.4, 0.5) is 28.7 Å². The fourth-order valence-electron chi connectivity index (χ4n) is 7.34. The lowest BCUT2D eigenvalue weighted by atomic mass is 10.0. The number of hydrogen-bond donors (Lipinski definition) is 2. The van der Waals surface area contributed by atoms with E-state index in [9.17, 15) is 4.79 Å². The van der Waals surface area contributed by atoms with Gasteiger partial charge in [-0.3, -0.25) is 19.4 Å². The minimum absolute atomic E-state index is 0.0183. The van der Waals surface area contributed by atoms with E-state index in [1.165, 1.54) is 38.3 Å². The summed E-state index contributed by atoms with van der Waals surface area (Å²) >= 11 is 12.8. The number of piperidine rings is 1. The van der Waals surface area contributed by atoms with Crippen molar-refractivity contribution in [1.82, 2.24) is 19.8 Å². The summed E-state index contributed by atoms with van der Waals surface area (Å²) in [6, 6.07) is 12.8. The van der Waals surface area contributed by atoms with Crippen molar-refractivity contribution in [3.8, 4) is 5.75 Å². The molecule has 1 saturated carbocycles. The molecule has 11 nitrogen and oxygen atoms in total. The molecule has 1 aliphatic carbocycles. The van der Waals surface area contributed by atoms with Gasteiger partial charge in [-0.25, -0.2) is 15.0 Å². The van der Waals surface area contributed by atoms with Crippen molar-refractivity contribution in [3.63, 3.8) is 0 Å². The minimum atomic E-state index is -0.276. The van der Waals surface area contributed by atoms with Gasteiger partial charge in [0.15, 0.2) is 5.82 Å². The molecule has 3 aliphatic heterocycles. The number of halogens is 2.